The van der Waals surface area contributed by atoms with Crippen LogP contribution in [0.1, 0.15) is 27.5 Å². The van der Waals surface area contributed by atoms with E-state index in [4.69, 9.17) is 0 Å². The summed E-state index contributed by atoms with van der Waals surface area (Å²) in [5.41, 5.74) is 2.27. The van der Waals surface area contributed by atoms with Gasteiger partial charge in [-0.3, -0.25) is 29.4 Å². The van der Waals surface area contributed by atoms with Crippen molar-refractivity contribution in [1.29, 1.82) is 0 Å². The highest BCUT2D eigenvalue weighted by atomic mass is 16.6. The SMILES string of the molecule is O=C(c1ccccc1)[C@H]1[C@@H]2C(=O)N(c3cccc([N+](=O)[O-])c3)C(=O)[C@@H]2[C@H]2c3ccccc3C=C[NH+]21. The Hall–Kier alpha value is -4.43. The number of anilines is 1. The van der Waals surface area contributed by atoms with Crippen molar-refractivity contribution in [3.8, 4) is 0 Å². The van der Waals surface area contributed by atoms with E-state index in [0.29, 0.717) is 5.56 Å². The summed E-state index contributed by atoms with van der Waals surface area (Å²) in [7, 11) is 0. The van der Waals surface area contributed by atoms with Gasteiger partial charge in [0.15, 0.2) is 6.04 Å². The second-order valence-electron chi connectivity index (χ2n) is 8.99. The number of carbonyl (C=O) groups excluding carboxylic acids is 3. The van der Waals surface area contributed by atoms with Crippen molar-refractivity contribution >= 4 is 35.0 Å². The Morgan fingerprint density at radius 2 is 1.60 bits per heavy atom. The topological polar surface area (TPSA) is 102 Å². The molecule has 172 valence electrons. The number of carbonyl (C=O) groups is 3. The van der Waals surface area contributed by atoms with Gasteiger partial charge in [0.25, 0.3) is 5.69 Å². The lowest BCUT2D eigenvalue weighted by Gasteiger charge is -2.30. The third kappa shape index (κ3) is 3.07. The van der Waals surface area contributed by atoms with Crippen LogP contribution in [0.4, 0.5) is 11.4 Å². The van der Waals surface area contributed by atoms with Gasteiger partial charge in [0, 0.05) is 23.3 Å². The molecule has 5 atom stereocenters. The maximum Gasteiger partial charge on any atom is 0.271 e. The average Bonchev–Trinajstić information content (AvgIpc) is 3.36. The van der Waals surface area contributed by atoms with Crippen molar-refractivity contribution in [1.82, 2.24) is 0 Å². The van der Waals surface area contributed by atoms with Crippen molar-refractivity contribution in [2.45, 2.75) is 12.1 Å². The van der Waals surface area contributed by atoms with Crippen molar-refractivity contribution in [3.05, 3.63) is 112 Å². The quantitative estimate of drug-likeness (QED) is 0.276. The number of quaternary nitrogens is 1. The maximum absolute atomic E-state index is 13.8. The Morgan fingerprint density at radius 3 is 2.37 bits per heavy atom. The van der Waals surface area contributed by atoms with E-state index in [1.54, 1.807) is 24.3 Å². The summed E-state index contributed by atoms with van der Waals surface area (Å²) in [5.74, 6) is -2.78. The molecule has 0 saturated carbocycles. The third-order valence-corrected chi connectivity index (χ3v) is 7.26. The van der Waals surface area contributed by atoms with E-state index in [1.165, 1.54) is 24.3 Å². The minimum absolute atomic E-state index is 0.149. The molecule has 0 radical (unpaired) electrons. The molecular formula is C27H20N3O5+. The molecule has 0 spiro atoms. The number of imide groups is 1. The number of ketones is 1. The van der Waals surface area contributed by atoms with Gasteiger partial charge >= 0.3 is 0 Å². The molecular weight excluding hydrogens is 446 g/mol. The second-order valence-corrected chi connectivity index (χ2v) is 8.99. The van der Waals surface area contributed by atoms with E-state index < -0.39 is 40.7 Å². The van der Waals surface area contributed by atoms with Crippen molar-refractivity contribution in [3.63, 3.8) is 0 Å². The normalized spacial score (nSPS) is 26.3. The zero-order valence-corrected chi connectivity index (χ0v) is 18.4. The molecule has 35 heavy (non-hydrogen) atoms. The molecule has 2 fully saturated rings. The molecule has 1 N–H and O–H groups in total. The van der Waals surface area contributed by atoms with Crippen LogP contribution in [-0.2, 0) is 9.59 Å². The van der Waals surface area contributed by atoms with Gasteiger partial charge in [-0.15, -0.1) is 0 Å². The van der Waals surface area contributed by atoms with E-state index in [9.17, 15) is 24.5 Å². The number of hydrogen-bond acceptors (Lipinski definition) is 5. The summed E-state index contributed by atoms with van der Waals surface area (Å²) < 4.78 is 0. The highest BCUT2D eigenvalue weighted by Gasteiger charge is 2.68. The number of Topliss-reactive ketones (excluding diaryl/α,β-unsaturated/α-hetero) is 1. The molecule has 2 saturated heterocycles. The smallest absolute Gasteiger partial charge is 0.271 e. The molecule has 3 aromatic carbocycles. The molecule has 3 aliphatic heterocycles. The van der Waals surface area contributed by atoms with Crippen molar-refractivity contribution < 1.29 is 24.2 Å². The number of nitro groups is 1. The van der Waals surface area contributed by atoms with Gasteiger partial charge in [-0.25, -0.2) is 4.90 Å². The maximum atomic E-state index is 13.8. The van der Waals surface area contributed by atoms with Crippen LogP contribution in [0.2, 0.25) is 0 Å². The van der Waals surface area contributed by atoms with E-state index in [0.717, 1.165) is 20.9 Å². The molecule has 1 unspecified atom stereocenters. The molecule has 0 aromatic heterocycles. The Bertz CT molecular complexity index is 1430. The molecule has 3 aliphatic rings. The van der Waals surface area contributed by atoms with E-state index >= 15 is 0 Å². The van der Waals surface area contributed by atoms with Crippen LogP contribution in [0.15, 0.2) is 85.1 Å². The van der Waals surface area contributed by atoms with E-state index in [1.807, 2.05) is 42.6 Å². The number of non-ortho nitro benzene ring substituents is 1. The van der Waals surface area contributed by atoms with Crippen molar-refractivity contribution in [2.75, 3.05) is 4.90 Å². The number of nitrogens with zero attached hydrogens (tertiary/aromatic N) is 2. The summed E-state index contributed by atoms with van der Waals surface area (Å²) in [6.45, 7) is 0. The molecule has 0 bridgehead atoms. The van der Waals surface area contributed by atoms with Gasteiger partial charge in [0.05, 0.1) is 16.8 Å². The summed E-state index contributed by atoms with van der Waals surface area (Å²) in [5, 5.41) is 11.3. The molecule has 8 nitrogen and oxygen atoms in total. The fourth-order valence-electron chi connectivity index (χ4n) is 5.83. The average molecular weight is 466 g/mol. The van der Waals surface area contributed by atoms with Crippen molar-refractivity contribution in [2.24, 2.45) is 11.8 Å². The number of nitro benzene ring substituents is 1. The highest BCUT2D eigenvalue weighted by molar-refractivity contribution is 6.24. The monoisotopic (exact) mass is 466 g/mol. The number of nitrogens with one attached hydrogen (secondary N) is 1. The van der Waals surface area contributed by atoms with Gasteiger partial charge in [0.2, 0.25) is 17.6 Å². The first-order valence-electron chi connectivity index (χ1n) is 11.3. The van der Waals surface area contributed by atoms with Gasteiger partial charge in [-0.1, -0.05) is 60.7 Å². The first-order valence-corrected chi connectivity index (χ1v) is 11.3. The number of rotatable bonds is 4. The minimum atomic E-state index is -0.884. The van der Waals surface area contributed by atoms with E-state index in [-0.39, 0.29) is 17.2 Å². The summed E-state index contributed by atoms with van der Waals surface area (Å²) in [6, 6.07) is 20.7. The van der Waals surface area contributed by atoms with Crippen LogP contribution in [0, 0.1) is 22.0 Å². The summed E-state index contributed by atoms with van der Waals surface area (Å²) in [6.07, 6.45) is 3.82. The molecule has 2 amide bonds. The Kier molecular flexibility index (Phi) is 4.72. The highest BCUT2D eigenvalue weighted by Crippen LogP contribution is 2.45. The fraction of sp³-hybridized carbons (Fsp3) is 0.148. The molecule has 3 aromatic rings. The van der Waals surface area contributed by atoms with Gasteiger partial charge in [-0.2, -0.15) is 0 Å². The zero-order chi connectivity index (χ0) is 24.3. The largest absolute Gasteiger partial charge is 0.292 e. The van der Waals surface area contributed by atoms with Crippen LogP contribution in [0.25, 0.3) is 6.08 Å². The predicted octanol–water partition coefficient (Wildman–Crippen LogP) is 2.58. The molecule has 6 rings (SSSR count). The molecule has 8 heteroatoms. The van der Waals surface area contributed by atoms with Crippen LogP contribution in [0.3, 0.4) is 0 Å². The summed E-state index contributed by atoms with van der Waals surface area (Å²) >= 11 is 0. The van der Waals surface area contributed by atoms with Crippen LogP contribution in [0.5, 0.6) is 0 Å². The number of benzene rings is 3. The third-order valence-electron chi connectivity index (χ3n) is 7.26. The molecule has 0 aliphatic carbocycles. The lowest BCUT2D eigenvalue weighted by Crippen LogP contribution is -3.12. The number of fused-ring (bicyclic) bond motifs is 5. The van der Waals surface area contributed by atoms with Gasteiger partial charge < -0.3 is 0 Å². The Labute approximate surface area is 200 Å². The van der Waals surface area contributed by atoms with Crippen LogP contribution in [-0.4, -0.2) is 28.6 Å². The number of hydrogen-bond donors (Lipinski definition) is 1. The lowest BCUT2D eigenvalue weighted by atomic mass is 9.83. The number of amides is 2. The first-order chi connectivity index (χ1) is 17.0. The van der Waals surface area contributed by atoms with Gasteiger partial charge in [-0.05, 0) is 17.7 Å². The van der Waals surface area contributed by atoms with Gasteiger partial charge in [0.1, 0.15) is 17.9 Å². The van der Waals surface area contributed by atoms with Crippen LogP contribution < -0.4 is 9.80 Å². The Morgan fingerprint density at radius 1 is 0.886 bits per heavy atom. The van der Waals surface area contributed by atoms with Crippen LogP contribution >= 0.6 is 0 Å². The predicted molar refractivity (Wildman–Crippen MR) is 126 cm³/mol. The van der Waals surface area contributed by atoms with E-state index in [2.05, 4.69) is 0 Å². The second kappa shape index (κ2) is 7.82. The first kappa shape index (κ1) is 21.1. The standard InChI is InChI=1S/C27H19N3O5/c31-25(17-8-2-1-3-9-17)24-22-21(23-20-12-5-4-7-16(20)13-14-28(23)24)26(32)29(27(22)33)18-10-6-11-19(15-18)30(34)35/h1-15,21-24H/p+1/t21-,22+,23+,24+/m0/s1. The minimum Gasteiger partial charge on any atom is -0.292 e. The molecule has 3 heterocycles. The Balaban J connectivity index is 1.50. The lowest BCUT2D eigenvalue weighted by molar-refractivity contribution is -0.884. The fourth-order valence-corrected chi connectivity index (χ4v) is 5.83. The summed E-state index contributed by atoms with van der Waals surface area (Å²) in [4.78, 5) is 54.0. The zero-order valence-electron chi connectivity index (χ0n) is 18.4.